The highest BCUT2D eigenvalue weighted by Crippen LogP contribution is 2.36. The molecule has 2 aliphatic carbocycles. The van der Waals surface area contributed by atoms with Crippen LogP contribution in [-0.2, 0) is 19.5 Å². The largest absolute Gasteiger partial charge is 0.443 e. The van der Waals surface area contributed by atoms with Crippen molar-refractivity contribution in [3.63, 3.8) is 0 Å². The molecule has 5 aromatic rings. The van der Waals surface area contributed by atoms with Crippen molar-refractivity contribution < 1.29 is 37.1 Å². The second kappa shape index (κ2) is 15.2. The fraction of sp³-hybridized carbons (Fsp3) is 0.405. The molecule has 56 heavy (non-hydrogen) atoms. The van der Waals surface area contributed by atoms with Crippen molar-refractivity contribution in [1.82, 2.24) is 33.9 Å². The van der Waals surface area contributed by atoms with Gasteiger partial charge in [-0.1, -0.05) is 23.7 Å². The first-order valence-corrected chi connectivity index (χ1v) is 19.6. The van der Waals surface area contributed by atoms with Crippen LogP contribution in [0.25, 0.3) is 22.6 Å². The molecule has 4 heterocycles. The normalized spacial score (nSPS) is 14.5. The van der Waals surface area contributed by atoms with Gasteiger partial charge in [-0.2, -0.15) is 19.2 Å². The van der Waals surface area contributed by atoms with E-state index >= 15 is 0 Å². The number of halogens is 1. The number of rotatable bonds is 9. The molecule has 1 N–H and O–H groups in total. The van der Waals surface area contributed by atoms with Crippen molar-refractivity contribution >= 4 is 69.3 Å². The number of aromatic nitrogens is 6. The van der Waals surface area contributed by atoms with E-state index < -0.39 is 33.4 Å². The second-order valence-corrected chi connectivity index (χ2v) is 17.5. The number of benzene rings is 1. The van der Waals surface area contributed by atoms with Crippen molar-refractivity contribution in [1.29, 1.82) is 0 Å². The lowest BCUT2D eigenvalue weighted by Crippen LogP contribution is -2.39. The van der Waals surface area contributed by atoms with E-state index in [1.807, 2.05) is 20.8 Å². The molecule has 0 unspecified atom stereocenters. The number of carbonyl (C=O) groups excluding carboxylic acids is 4. The lowest BCUT2D eigenvalue weighted by molar-refractivity contribution is 0.0564. The van der Waals surface area contributed by atoms with Crippen molar-refractivity contribution in [2.75, 3.05) is 16.8 Å². The Morgan fingerprint density at radius 3 is 1.73 bits per heavy atom. The summed E-state index contributed by atoms with van der Waals surface area (Å²) in [5, 5.41) is 8.61. The SMILES string of the molecule is CC(C)(C)OC(=O)N(c1cc(Cl)nc2c(C=O)cnn12)C1CC1.CNS(=O)(=O)c1cccc(-c2cc(N(C(=O)OC(C)(C)C)C3CC3)n3ncc(C=O)c3n2)c1. The lowest BCUT2D eigenvalue weighted by Gasteiger charge is -2.27. The van der Waals surface area contributed by atoms with Crippen LogP contribution >= 0.6 is 11.6 Å². The minimum atomic E-state index is -3.67. The zero-order valence-corrected chi connectivity index (χ0v) is 33.5. The summed E-state index contributed by atoms with van der Waals surface area (Å²) < 4.78 is 40.9. The van der Waals surface area contributed by atoms with E-state index in [1.165, 1.54) is 50.4 Å². The Balaban J connectivity index is 0.000000202. The van der Waals surface area contributed by atoms with Gasteiger partial charge in [0, 0.05) is 29.8 Å². The molecule has 17 nitrogen and oxygen atoms in total. The molecule has 7 rings (SSSR count). The van der Waals surface area contributed by atoms with Crippen molar-refractivity contribution in [3.8, 4) is 11.3 Å². The van der Waals surface area contributed by atoms with E-state index in [-0.39, 0.29) is 33.3 Å². The summed E-state index contributed by atoms with van der Waals surface area (Å²) >= 11 is 6.07. The lowest BCUT2D eigenvalue weighted by atomic mass is 10.1. The monoisotopic (exact) mass is 807 g/mol. The summed E-state index contributed by atoms with van der Waals surface area (Å²) in [5.74, 6) is 0.839. The summed E-state index contributed by atoms with van der Waals surface area (Å²) in [5.41, 5.74) is 0.721. The fourth-order valence-electron chi connectivity index (χ4n) is 5.64. The Hall–Kier alpha value is -5.46. The van der Waals surface area contributed by atoms with Crippen LogP contribution in [0.2, 0.25) is 5.15 Å². The van der Waals surface area contributed by atoms with Crippen LogP contribution in [-0.4, -0.2) is 92.7 Å². The molecule has 2 saturated carbocycles. The number of hydrogen-bond donors (Lipinski definition) is 1. The van der Waals surface area contributed by atoms with Gasteiger partial charge in [0.15, 0.2) is 23.9 Å². The average Bonchev–Trinajstić information content (AvgIpc) is 4.05. The number of sulfonamides is 1. The maximum Gasteiger partial charge on any atom is 0.416 e. The molecule has 0 atom stereocenters. The molecule has 2 amide bonds. The van der Waals surface area contributed by atoms with Crippen molar-refractivity contribution in [2.24, 2.45) is 0 Å². The molecule has 4 aromatic heterocycles. The molecule has 2 aliphatic rings. The molecule has 0 aliphatic heterocycles. The number of aldehydes is 2. The maximum absolute atomic E-state index is 13.1. The molecule has 19 heteroatoms. The van der Waals surface area contributed by atoms with E-state index in [9.17, 15) is 27.6 Å². The predicted octanol–water partition coefficient (Wildman–Crippen LogP) is 6.12. The third-order valence-corrected chi connectivity index (χ3v) is 10.00. The van der Waals surface area contributed by atoms with E-state index in [2.05, 4.69) is 24.9 Å². The van der Waals surface area contributed by atoms with Crippen LogP contribution in [0.15, 0.2) is 53.7 Å². The van der Waals surface area contributed by atoms with Crippen molar-refractivity contribution in [3.05, 3.63) is 65.1 Å². The van der Waals surface area contributed by atoms with E-state index in [1.54, 1.807) is 45.0 Å². The summed E-state index contributed by atoms with van der Waals surface area (Å²) in [6.45, 7) is 10.8. The van der Waals surface area contributed by atoms with Crippen LogP contribution in [0, 0.1) is 0 Å². The zero-order chi connectivity index (χ0) is 40.7. The van der Waals surface area contributed by atoms with E-state index in [0.717, 1.165) is 25.7 Å². The second-order valence-electron chi connectivity index (χ2n) is 15.2. The Kier molecular flexibility index (Phi) is 10.9. The van der Waals surface area contributed by atoms with E-state index in [4.69, 9.17) is 21.1 Å². The zero-order valence-electron chi connectivity index (χ0n) is 31.9. The van der Waals surface area contributed by atoms with Crippen LogP contribution < -0.4 is 14.5 Å². The first-order chi connectivity index (χ1) is 26.3. The van der Waals surface area contributed by atoms with Gasteiger partial charge in [-0.25, -0.2) is 32.7 Å². The number of nitrogens with zero attached hydrogens (tertiary/aromatic N) is 8. The standard InChI is InChI=1S/C22H25N5O5S.C15H17ClN4O3/c1-22(2,3)32-21(29)26(16-8-9-16)19-11-18(25-20-15(13-28)12-24-27(19)20)14-6-5-7-17(10-14)33(30,31)23-4;1-15(2,3)23-14(22)19(10-4-5-10)12-6-11(16)18-13-9(8-21)7-17-20(12)13/h5-7,10-13,16,23H,8-9H2,1-4H3;6-8,10H,4-5H2,1-3H3. The predicted molar refractivity (Wildman–Crippen MR) is 207 cm³/mol. The summed E-state index contributed by atoms with van der Waals surface area (Å²) in [7, 11) is -2.34. The highest BCUT2D eigenvalue weighted by atomic mass is 35.5. The van der Waals surface area contributed by atoms with Gasteiger partial charge in [-0.05, 0) is 86.4 Å². The molecule has 0 saturated heterocycles. The summed E-state index contributed by atoms with van der Waals surface area (Å²) in [4.78, 5) is 60.2. The van der Waals surface area contributed by atoms with Crippen molar-refractivity contribution in [2.45, 2.75) is 95.4 Å². The molecular weight excluding hydrogens is 766 g/mol. The van der Waals surface area contributed by atoms with Gasteiger partial charge in [0.25, 0.3) is 0 Å². The third kappa shape index (κ3) is 8.82. The molecule has 0 radical (unpaired) electrons. The number of ether oxygens (including phenoxy) is 2. The Bertz CT molecular complexity index is 2450. The number of amides is 2. The van der Waals surface area contributed by atoms with Crippen LogP contribution in [0.5, 0.6) is 0 Å². The van der Waals surface area contributed by atoms with Crippen LogP contribution in [0.4, 0.5) is 21.2 Å². The van der Waals surface area contributed by atoms with Crippen LogP contribution in [0.3, 0.4) is 0 Å². The molecule has 0 spiro atoms. The van der Waals surface area contributed by atoms with Gasteiger partial charge < -0.3 is 9.47 Å². The average molecular weight is 808 g/mol. The Morgan fingerprint density at radius 2 is 1.29 bits per heavy atom. The molecule has 1 aromatic carbocycles. The maximum atomic E-state index is 13.1. The highest BCUT2D eigenvalue weighted by Gasteiger charge is 2.40. The molecule has 296 valence electrons. The summed E-state index contributed by atoms with van der Waals surface area (Å²) in [6.07, 6.45) is 6.44. The first-order valence-electron chi connectivity index (χ1n) is 17.8. The van der Waals surface area contributed by atoms with Gasteiger partial charge in [-0.15, -0.1) is 0 Å². The number of nitrogens with one attached hydrogen (secondary N) is 1. The molecular formula is C37H42ClN9O8S. The first kappa shape index (κ1) is 40.2. The van der Waals surface area contributed by atoms with Gasteiger partial charge in [0.1, 0.15) is 28.0 Å². The van der Waals surface area contributed by atoms with Crippen LogP contribution in [0.1, 0.15) is 87.9 Å². The number of carbonyl (C=O) groups is 4. The van der Waals surface area contributed by atoms with E-state index in [0.29, 0.717) is 46.7 Å². The number of anilines is 2. The topological polar surface area (TPSA) is 200 Å². The smallest absolute Gasteiger partial charge is 0.416 e. The minimum absolute atomic E-state index is 0.0374. The Morgan fingerprint density at radius 1 is 0.804 bits per heavy atom. The van der Waals surface area contributed by atoms with Gasteiger partial charge in [0.2, 0.25) is 10.0 Å². The number of fused-ring (bicyclic) bond motifs is 2. The quantitative estimate of drug-likeness (QED) is 0.132. The fourth-order valence-corrected chi connectivity index (χ4v) is 6.60. The van der Waals surface area contributed by atoms with Gasteiger partial charge >= 0.3 is 12.2 Å². The number of hydrogen-bond acceptors (Lipinski definition) is 12. The molecule has 2 fully saturated rings. The third-order valence-electron chi connectivity index (χ3n) is 8.39. The Labute approximate surface area is 328 Å². The summed E-state index contributed by atoms with van der Waals surface area (Å²) in [6, 6.07) is 9.45. The van der Waals surface area contributed by atoms with Gasteiger partial charge in [0.05, 0.1) is 34.1 Å². The minimum Gasteiger partial charge on any atom is -0.443 e. The highest BCUT2D eigenvalue weighted by molar-refractivity contribution is 7.89. The van der Waals surface area contributed by atoms with Gasteiger partial charge in [-0.3, -0.25) is 19.4 Å². The molecule has 0 bridgehead atoms.